The summed E-state index contributed by atoms with van der Waals surface area (Å²) in [5.41, 5.74) is 0.983. The molecule has 1 amide bonds. The van der Waals surface area contributed by atoms with Crippen LogP contribution in [0.25, 0.3) is 0 Å². The summed E-state index contributed by atoms with van der Waals surface area (Å²) in [7, 11) is 3.23. The zero-order valence-electron chi connectivity index (χ0n) is 10.4. The van der Waals surface area contributed by atoms with Crippen LogP contribution in [0.5, 0.6) is 5.75 Å². The third kappa shape index (κ3) is 3.83. The molecule has 18 heavy (non-hydrogen) atoms. The van der Waals surface area contributed by atoms with Crippen molar-refractivity contribution in [2.45, 2.75) is 6.54 Å². The SMILES string of the molecule is CN/C=C(/C#N)C(=O)NCc1ccc(OC)cc1. The van der Waals surface area contributed by atoms with E-state index in [0.717, 1.165) is 11.3 Å². The molecule has 0 aliphatic rings. The molecule has 0 aromatic heterocycles. The fraction of sp³-hybridized carbons (Fsp3) is 0.231. The highest BCUT2D eigenvalue weighted by molar-refractivity contribution is 5.97. The number of nitrogens with zero attached hydrogens (tertiary/aromatic N) is 1. The second kappa shape index (κ2) is 6.97. The molecule has 0 atom stereocenters. The van der Waals surface area contributed by atoms with Crippen molar-refractivity contribution in [1.82, 2.24) is 10.6 Å². The minimum absolute atomic E-state index is 0.0472. The van der Waals surface area contributed by atoms with Crippen molar-refractivity contribution >= 4 is 5.91 Å². The molecule has 0 saturated carbocycles. The summed E-state index contributed by atoms with van der Waals surface area (Å²) in [5.74, 6) is 0.362. The van der Waals surface area contributed by atoms with Crippen LogP contribution >= 0.6 is 0 Å². The fourth-order valence-electron chi connectivity index (χ4n) is 1.31. The lowest BCUT2D eigenvalue weighted by Gasteiger charge is -2.05. The van der Waals surface area contributed by atoms with Crippen molar-refractivity contribution in [3.8, 4) is 11.8 Å². The first-order valence-corrected chi connectivity index (χ1v) is 5.40. The first-order valence-electron chi connectivity index (χ1n) is 5.40. The third-order valence-electron chi connectivity index (χ3n) is 2.27. The van der Waals surface area contributed by atoms with Gasteiger partial charge in [0, 0.05) is 19.8 Å². The van der Waals surface area contributed by atoms with E-state index in [9.17, 15) is 4.79 Å². The number of methoxy groups -OCH3 is 1. The third-order valence-corrected chi connectivity index (χ3v) is 2.27. The summed E-state index contributed by atoms with van der Waals surface area (Å²) >= 11 is 0. The molecule has 0 bridgehead atoms. The first-order chi connectivity index (χ1) is 8.71. The lowest BCUT2D eigenvalue weighted by Crippen LogP contribution is -2.24. The highest BCUT2D eigenvalue weighted by Gasteiger charge is 2.07. The minimum atomic E-state index is -0.400. The van der Waals surface area contributed by atoms with Gasteiger partial charge in [0.25, 0.3) is 5.91 Å². The van der Waals surface area contributed by atoms with Crippen LogP contribution in [0.3, 0.4) is 0 Å². The van der Waals surface area contributed by atoms with Crippen LogP contribution in [0.1, 0.15) is 5.56 Å². The largest absolute Gasteiger partial charge is 0.497 e. The van der Waals surface area contributed by atoms with Crippen molar-refractivity contribution in [1.29, 1.82) is 5.26 Å². The van der Waals surface area contributed by atoms with Crippen molar-refractivity contribution < 1.29 is 9.53 Å². The summed E-state index contributed by atoms with van der Waals surface area (Å²) in [5, 5.41) is 14.1. The standard InChI is InChI=1S/C13H15N3O2/c1-15-9-11(7-14)13(17)16-8-10-3-5-12(18-2)6-4-10/h3-6,9,15H,8H2,1-2H3,(H,16,17)/b11-9-. The van der Waals surface area contributed by atoms with Gasteiger partial charge in [-0.15, -0.1) is 0 Å². The molecule has 5 heteroatoms. The molecule has 1 rings (SSSR count). The monoisotopic (exact) mass is 245 g/mol. The Morgan fingerprint density at radius 1 is 1.44 bits per heavy atom. The van der Waals surface area contributed by atoms with Crippen molar-refractivity contribution in [3.05, 3.63) is 41.6 Å². The Labute approximate surface area is 106 Å². The smallest absolute Gasteiger partial charge is 0.263 e. The van der Waals surface area contributed by atoms with E-state index in [0.29, 0.717) is 6.54 Å². The molecule has 0 aliphatic heterocycles. The zero-order valence-corrected chi connectivity index (χ0v) is 10.4. The second-order valence-corrected chi connectivity index (χ2v) is 3.49. The number of amides is 1. The normalized spacial score (nSPS) is 10.4. The van der Waals surface area contributed by atoms with Gasteiger partial charge < -0.3 is 15.4 Å². The topological polar surface area (TPSA) is 74.2 Å². The van der Waals surface area contributed by atoms with Crippen LogP contribution in [0.15, 0.2) is 36.0 Å². The number of hydrogen-bond acceptors (Lipinski definition) is 4. The van der Waals surface area contributed by atoms with Crippen LogP contribution in [0, 0.1) is 11.3 Å². The molecule has 0 spiro atoms. The van der Waals surface area contributed by atoms with Gasteiger partial charge in [-0.05, 0) is 17.7 Å². The summed E-state index contributed by atoms with van der Waals surface area (Å²) in [6, 6.07) is 9.16. The molecule has 1 aromatic carbocycles. The summed E-state index contributed by atoms with van der Waals surface area (Å²) in [4.78, 5) is 11.6. The quantitative estimate of drug-likeness (QED) is 0.598. The minimum Gasteiger partial charge on any atom is -0.497 e. The Bertz CT molecular complexity index is 472. The molecule has 2 N–H and O–H groups in total. The average molecular weight is 245 g/mol. The van der Waals surface area contributed by atoms with E-state index < -0.39 is 5.91 Å². The van der Waals surface area contributed by atoms with E-state index in [2.05, 4.69) is 10.6 Å². The maximum Gasteiger partial charge on any atom is 0.263 e. The number of carbonyl (C=O) groups excluding carboxylic acids is 1. The van der Waals surface area contributed by atoms with Crippen LogP contribution in [-0.4, -0.2) is 20.1 Å². The summed E-state index contributed by atoms with van der Waals surface area (Å²) in [6.45, 7) is 0.367. The van der Waals surface area contributed by atoms with Gasteiger partial charge in [0.1, 0.15) is 17.4 Å². The number of nitriles is 1. The second-order valence-electron chi connectivity index (χ2n) is 3.49. The van der Waals surface area contributed by atoms with Crippen molar-refractivity contribution in [3.63, 3.8) is 0 Å². The Morgan fingerprint density at radius 2 is 2.11 bits per heavy atom. The Morgan fingerprint density at radius 3 is 2.61 bits per heavy atom. The number of nitrogens with one attached hydrogen (secondary N) is 2. The number of benzene rings is 1. The van der Waals surface area contributed by atoms with E-state index >= 15 is 0 Å². The molecule has 94 valence electrons. The van der Waals surface area contributed by atoms with E-state index in [1.807, 2.05) is 30.3 Å². The molecule has 1 aromatic rings. The highest BCUT2D eigenvalue weighted by Crippen LogP contribution is 2.10. The summed E-state index contributed by atoms with van der Waals surface area (Å²) in [6.07, 6.45) is 1.36. The van der Waals surface area contributed by atoms with Gasteiger partial charge in [-0.1, -0.05) is 12.1 Å². The molecule has 0 heterocycles. The molecule has 0 unspecified atom stereocenters. The molecule has 0 fully saturated rings. The molecular formula is C13H15N3O2. The Hall–Kier alpha value is -2.48. The fourth-order valence-corrected chi connectivity index (χ4v) is 1.31. The van der Waals surface area contributed by atoms with Gasteiger partial charge in [-0.2, -0.15) is 5.26 Å². The zero-order chi connectivity index (χ0) is 13.4. The maximum atomic E-state index is 11.6. The lowest BCUT2D eigenvalue weighted by molar-refractivity contribution is -0.117. The van der Waals surface area contributed by atoms with Crippen molar-refractivity contribution in [2.24, 2.45) is 0 Å². The van der Waals surface area contributed by atoms with Gasteiger partial charge in [0.2, 0.25) is 0 Å². The maximum absolute atomic E-state index is 11.6. The molecular weight excluding hydrogens is 230 g/mol. The molecule has 0 saturated heterocycles. The predicted octanol–water partition coefficient (Wildman–Crippen LogP) is 0.938. The van der Waals surface area contributed by atoms with Gasteiger partial charge in [-0.3, -0.25) is 4.79 Å². The van der Waals surface area contributed by atoms with Crippen molar-refractivity contribution in [2.75, 3.05) is 14.2 Å². The predicted molar refractivity (Wildman–Crippen MR) is 67.6 cm³/mol. The Kier molecular flexibility index (Phi) is 5.26. The van der Waals surface area contributed by atoms with E-state index in [4.69, 9.17) is 10.00 Å². The molecule has 5 nitrogen and oxygen atoms in total. The van der Waals surface area contributed by atoms with E-state index in [-0.39, 0.29) is 5.57 Å². The van der Waals surface area contributed by atoms with Gasteiger partial charge in [0.05, 0.1) is 7.11 Å². The van der Waals surface area contributed by atoms with E-state index in [1.54, 1.807) is 14.2 Å². The molecule has 0 aliphatic carbocycles. The van der Waals surface area contributed by atoms with Gasteiger partial charge >= 0.3 is 0 Å². The van der Waals surface area contributed by atoms with E-state index in [1.165, 1.54) is 6.20 Å². The van der Waals surface area contributed by atoms with Gasteiger partial charge in [-0.25, -0.2) is 0 Å². The summed E-state index contributed by atoms with van der Waals surface area (Å²) < 4.78 is 5.03. The van der Waals surface area contributed by atoms with Crippen LogP contribution in [-0.2, 0) is 11.3 Å². The highest BCUT2D eigenvalue weighted by atomic mass is 16.5. The molecule has 0 radical (unpaired) electrons. The van der Waals surface area contributed by atoms with Crippen LogP contribution in [0.4, 0.5) is 0 Å². The lowest BCUT2D eigenvalue weighted by atomic mass is 10.2. The number of ether oxygens (including phenoxy) is 1. The Balaban J connectivity index is 2.57. The number of rotatable bonds is 5. The van der Waals surface area contributed by atoms with Crippen LogP contribution < -0.4 is 15.4 Å². The first kappa shape index (κ1) is 13.6. The van der Waals surface area contributed by atoms with Crippen LogP contribution in [0.2, 0.25) is 0 Å². The van der Waals surface area contributed by atoms with Gasteiger partial charge in [0.15, 0.2) is 0 Å². The number of carbonyl (C=O) groups is 1. The average Bonchev–Trinajstić information content (AvgIpc) is 2.42. The number of hydrogen-bond donors (Lipinski definition) is 2.